The van der Waals surface area contributed by atoms with Crippen molar-refractivity contribution in [2.75, 3.05) is 6.61 Å². The molecule has 31 heavy (non-hydrogen) atoms. The number of urea groups is 1. The van der Waals surface area contributed by atoms with Crippen LogP contribution < -0.4 is 11.2 Å². The van der Waals surface area contributed by atoms with Crippen molar-refractivity contribution in [2.24, 2.45) is 45.3 Å². The number of nitrogens with two attached hydrogens (primary N) is 1. The second kappa shape index (κ2) is 7.06. The number of primary amides is 1. The highest BCUT2D eigenvalue weighted by molar-refractivity contribution is 5.87. The molecule has 4 fully saturated rings. The molecule has 7 heteroatoms. The fourth-order valence-corrected chi connectivity index (χ4v) is 8.45. The van der Waals surface area contributed by atoms with Crippen LogP contribution in [0.15, 0.2) is 16.8 Å². The van der Waals surface area contributed by atoms with Gasteiger partial charge in [0, 0.05) is 17.2 Å². The minimum atomic E-state index is -0.678. The van der Waals surface area contributed by atoms with E-state index in [2.05, 4.69) is 24.4 Å². The minimum absolute atomic E-state index is 0.190. The van der Waals surface area contributed by atoms with Gasteiger partial charge < -0.3 is 15.6 Å². The Hall–Kier alpha value is -1.89. The largest absolute Gasteiger partial charge is 0.458 e. The van der Waals surface area contributed by atoms with Crippen molar-refractivity contribution in [1.29, 1.82) is 0 Å². The number of fused-ring (bicyclic) bond motifs is 5. The monoisotopic (exact) mass is 429 g/mol. The first kappa shape index (κ1) is 21.0. The number of carbonyl (C=O) groups excluding carboxylic acids is 2. The summed E-state index contributed by atoms with van der Waals surface area (Å²) in [5, 5.41) is 16.5. The number of nitrogens with zero attached hydrogens (tertiary/aromatic N) is 1. The predicted octanol–water partition coefficient (Wildman–Crippen LogP) is 3.27. The van der Waals surface area contributed by atoms with Crippen molar-refractivity contribution in [2.45, 2.75) is 77.2 Å². The number of rotatable bonds is 2. The fourth-order valence-electron chi connectivity index (χ4n) is 8.45. The third kappa shape index (κ3) is 2.99. The summed E-state index contributed by atoms with van der Waals surface area (Å²) in [6.07, 6.45) is 10.5. The zero-order chi connectivity index (χ0) is 22.0. The molecule has 1 aliphatic heterocycles. The third-order valence-corrected chi connectivity index (χ3v) is 10.1. The zero-order valence-corrected chi connectivity index (χ0v) is 18.7. The Labute approximate surface area is 183 Å². The van der Waals surface area contributed by atoms with E-state index in [1.165, 1.54) is 0 Å². The number of ether oxygens (including phenoxy) is 1. The van der Waals surface area contributed by atoms with Crippen molar-refractivity contribution in [3.8, 4) is 0 Å². The van der Waals surface area contributed by atoms with Gasteiger partial charge in [0.15, 0.2) is 0 Å². The lowest BCUT2D eigenvalue weighted by Gasteiger charge is -2.63. The first-order chi connectivity index (χ1) is 14.7. The maximum absolute atomic E-state index is 12.2. The third-order valence-electron chi connectivity index (χ3n) is 10.1. The molecule has 4 aliphatic carbocycles. The molecule has 5 rings (SSSR count). The van der Waals surface area contributed by atoms with Gasteiger partial charge in [0.05, 0.1) is 5.60 Å². The number of hydrogen-bond donors (Lipinski definition) is 3. The molecule has 0 aromatic rings. The van der Waals surface area contributed by atoms with Crippen LogP contribution in [0.25, 0.3) is 0 Å². The van der Waals surface area contributed by atoms with Gasteiger partial charge in [0.25, 0.3) is 0 Å². The summed E-state index contributed by atoms with van der Waals surface area (Å²) >= 11 is 0. The van der Waals surface area contributed by atoms with Crippen molar-refractivity contribution in [1.82, 2.24) is 5.43 Å². The molecular formula is C24H35N3O4. The van der Waals surface area contributed by atoms with Crippen LogP contribution in [0.4, 0.5) is 4.79 Å². The first-order valence-corrected chi connectivity index (χ1v) is 11.9. The van der Waals surface area contributed by atoms with Gasteiger partial charge in [-0.3, -0.25) is 0 Å². The van der Waals surface area contributed by atoms with E-state index in [0.717, 1.165) is 69.1 Å². The topological polar surface area (TPSA) is 114 Å². The molecule has 0 aromatic heterocycles. The van der Waals surface area contributed by atoms with Crippen LogP contribution in [-0.4, -0.2) is 35.0 Å². The summed E-state index contributed by atoms with van der Waals surface area (Å²) in [6, 6.07) is -0.612. The fraction of sp³-hybridized carbons (Fsp3) is 0.792. The molecule has 4 N–H and O–H groups in total. The molecule has 2 amide bonds. The lowest BCUT2D eigenvalue weighted by molar-refractivity contribution is -0.200. The van der Waals surface area contributed by atoms with Crippen LogP contribution in [-0.2, 0) is 9.53 Å². The number of nitrogens with one attached hydrogen (secondary N) is 1. The van der Waals surface area contributed by atoms with Gasteiger partial charge in [-0.25, -0.2) is 15.0 Å². The lowest BCUT2D eigenvalue weighted by atomic mass is 9.43. The van der Waals surface area contributed by atoms with Gasteiger partial charge >= 0.3 is 12.0 Å². The Kier molecular flexibility index (Phi) is 4.78. The molecular weight excluding hydrogens is 394 g/mol. The summed E-state index contributed by atoms with van der Waals surface area (Å²) in [5.41, 5.74) is 9.03. The Morgan fingerprint density at radius 1 is 1.19 bits per heavy atom. The summed E-state index contributed by atoms with van der Waals surface area (Å²) in [5.74, 6) is 1.34. The van der Waals surface area contributed by atoms with Crippen LogP contribution in [0.1, 0.15) is 71.6 Å². The van der Waals surface area contributed by atoms with E-state index in [1.807, 2.05) is 0 Å². The van der Waals surface area contributed by atoms with Crippen LogP contribution in [0.2, 0.25) is 0 Å². The molecule has 0 bridgehead atoms. The molecule has 1 heterocycles. The van der Waals surface area contributed by atoms with E-state index in [4.69, 9.17) is 10.5 Å². The Bertz CT molecular complexity index is 869. The molecule has 5 aliphatic rings. The van der Waals surface area contributed by atoms with Gasteiger partial charge in [-0.05, 0) is 92.4 Å². The van der Waals surface area contributed by atoms with E-state index < -0.39 is 11.6 Å². The van der Waals surface area contributed by atoms with Crippen molar-refractivity contribution < 1.29 is 19.4 Å². The van der Waals surface area contributed by atoms with E-state index in [1.54, 1.807) is 6.08 Å². The SMILES string of the molecule is C[C@]12CC/C(=N/NC(N)=O)C[C@@H]1CC[C@@H]1[C@@H]2CC[C@]2(C)[C@@H](C3=CC(=O)OC3)CC[C@@]12O. The quantitative estimate of drug-likeness (QED) is 0.462. The molecule has 7 atom stereocenters. The highest BCUT2D eigenvalue weighted by Crippen LogP contribution is 2.69. The molecule has 4 saturated carbocycles. The smallest absolute Gasteiger partial charge is 0.332 e. The Morgan fingerprint density at radius 3 is 2.71 bits per heavy atom. The van der Waals surface area contributed by atoms with Crippen molar-refractivity contribution in [3.05, 3.63) is 11.6 Å². The first-order valence-electron chi connectivity index (χ1n) is 11.9. The zero-order valence-electron chi connectivity index (χ0n) is 18.7. The minimum Gasteiger partial charge on any atom is -0.458 e. The molecule has 0 spiro atoms. The highest BCUT2D eigenvalue weighted by atomic mass is 16.5. The van der Waals surface area contributed by atoms with E-state index in [-0.39, 0.29) is 22.7 Å². The van der Waals surface area contributed by atoms with Crippen LogP contribution in [0.5, 0.6) is 0 Å². The number of hydrogen-bond acceptors (Lipinski definition) is 5. The second-order valence-electron chi connectivity index (χ2n) is 11.1. The number of aliphatic hydroxyl groups is 1. The molecule has 0 unspecified atom stereocenters. The van der Waals surface area contributed by atoms with E-state index >= 15 is 0 Å². The standard InChI is InChI=1S/C24H35N3O4/c1-22-8-5-16(26-27-21(25)29)12-15(22)3-4-19-18(22)6-9-23(2)17(7-10-24(19,23)30)14-11-20(28)31-13-14/h11,15,17-19,30H,3-10,12-13H2,1-2H3,(H3,25,27,29)/b26-16-/t15-,17+,18-,19+,22-,23+,24+/m0/s1. The molecule has 0 aromatic carbocycles. The maximum atomic E-state index is 12.2. The van der Waals surface area contributed by atoms with Crippen LogP contribution >= 0.6 is 0 Å². The van der Waals surface area contributed by atoms with E-state index in [0.29, 0.717) is 24.4 Å². The van der Waals surface area contributed by atoms with Gasteiger partial charge in [-0.1, -0.05) is 13.8 Å². The van der Waals surface area contributed by atoms with Gasteiger partial charge in [-0.2, -0.15) is 5.10 Å². The van der Waals surface area contributed by atoms with Gasteiger partial charge in [0.2, 0.25) is 0 Å². The normalized spacial score (nSPS) is 47.8. The van der Waals surface area contributed by atoms with Gasteiger partial charge in [-0.15, -0.1) is 0 Å². The number of amides is 2. The number of hydrazone groups is 1. The number of esters is 1. The lowest BCUT2D eigenvalue weighted by Crippen LogP contribution is -2.62. The molecule has 0 radical (unpaired) electrons. The Balaban J connectivity index is 1.39. The summed E-state index contributed by atoms with van der Waals surface area (Å²) in [4.78, 5) is 22.7. The molecule has 0 saturated heterocycles. The summed E-state index contributed by atoms with van der Waals surface area (Å²) in [7, 11) is 0. The van der Waals surface area contributed by atoms with Crippen molar-refractivity contribution in [3.63, 3.8) is 0 Å². The van der Waals surface area contributed by atoms with Crippen LogP contribution in [0.3, 0.4) is 0 Å². The average Bonchev–Trinajstić information content (AvgIpc) is 3.26. The van der Waals surface area contributed by atoms with Crippen LogP contribution in [0, 0.1) is 34.5 Å². The summed E-state index contributed by atoms with van der Waals surface area (Å²) in [6.45, 7) is 5.09. The molecule has 7 nitrogen and oxygen atoms in total. The Morgan fingerprint density at radius 2 is 2.00 bits per heavy atom. The second-order valence-corrected chi connectivity index (χ2v) is 11.1. The average molecular weight is 430 g/mol. The predicted molar refractivity (Wildman–Crippen MR) is 116 cm³/mol. The molecule has 170 valence electrons. The van der Waals surface area contributed by atoms with Crippen molar-refractivity contribution >= 4 is 17.7 Å². The maximum Gasteiger partial charge on any atom is 0.332 e. The number of cyclic esters (lactones) is 1. The van der Waals surface area contributed by atoms with E-state index in [9.17, 15) is 14.7 Å². The highest BCUT2D eigenvalue weighted by Gasteiger charge is 2.67. The number of carbonyl (C=O) groups is 2. The van der Waals surface area contributed by atoms with Gasteiger partial charge in [0.1, 0.15) is 6.61 Å². The summed E-state index contributed by atoms with van der Waals surface area (Å²) < 4.78 is 5.22.